The smallest absolute Gasteiger partial charge is 0.269 e. The maximum Gasteiger partial charge on any atom is 0.269 e. The van der Waals surface area contributed by atoms with Gasteiger partial charge < -0.3 is 0 Å². The van der Waals surface area contributed by atoms with Gasteiger partial charge in [-0.05, 0) is 59.9 Å². The maximum atomic E-state index is 12.3. The van der Waals surface area contributed by atoms with Crippen molar-refractivity contribution in [2.24, 2.45) is 0 Å². The molecule has 0 bridgehead atoms. The molecule has 5 nitrogen and oxygen atoms in total. The van der Waals surface area contributed by atoms with E-state index in [0.29, 0.717) is 11.1 Å². The minimum atomic E-state index is -0.359. The van der Waals surface area contributed by atoms with Crippen LogP contribution in [0.4, 0.5) is 0 Å². The van der Waals surface area contributed by atoms with Gasteiger partial charge in [0.05, 0.1) is 0 Å². The monoisotopic (exact) mass is 447 g/mol. The molecule has 0 aliphatic heterocycles. The normalized spacial score (nSPS) is 10.9. The van der Waals surface area contributed by atoms with Crippen molar-refractivity contribution in [1.82, 2.24) is 16.2 Å². The van der Waals surface area contributed by atoms with Crippen LogP contribution in [0.3, 0.4) is 0 Å². The summed E-state index contributed by atoms with van der Waals surface area (Å²) in [4.78, 5) is 24.4. The number of benzene rings is 2. The fourth-order valence-corrected chi connectivity index (χ4v) is 2.77. The molecule has 0 saturated heterocycles. The lowest BCUT2D eigenvalue weighted by Crippen LogP contribution is -2.48. The molecule has 2 aromatic carbocycles. The molecule has 2 amide bonds. The average molecular weight is 448 g/mol. The number of aryl methyl sites for hydroxylation is 1. The minimum absolute atomic E-state index is 0.0134. The number of halogens is 1. The third-order valence-electron chi connectivity index (χ3n) is 3.96. The van der Waals surface area contributed by atoms with E-state index in [1.54, 1.807) is 24.3 Å². The predicted molar refractivity (Wildman–Crippen MR) is 115 cm³/mol. The van der Waals surface area contributed by atoms with Gasteiger partial charge in [0.1, 0.15) is 0 Å². The minimum Gasteiger partial charge on any atom is -0.298 e. The first-order valence-corrected chi connectivity index (χ1v) is 9.56. The number of rotatable bonds is 2. The summed E-state index contributed by atoms with van der Waals surface area (Å²) in [5, 5.41) is 2.55. The van der Waals surface area contributed by atoms with Crippen LogP contribution >= 0.6 is 28.1 Å². The summed E-state index contributed by atoms with van der Waals surface area (Å²) < 4.78 is 0.838. The van der Waals surface area contributed by atoms with E-state index < -0.39 is 0 Å². The molecular weight excluding hydrogens is 426 g/mol. The van der Waals surface area contributed by atoms with Crippen molar-refractivity contribution < 1.29 is 9.59 Å². The highest BCUT2D eigenvalue weighted by Crippen LogP contribution is 2.22. The van der Waals surface area contributed by atoms with Crippen LogP contribution in [0.25, 0.3) is 0 Å². The summed E-state index contributed by atoms with van der Waals surface area (Å²) in [7, 11) is 0. The molecule has 7 heteroatoms. The van der Waals surface area contributed by atoms with E-state index in [1.165, 1.54) is 0 Å². The van der Waals surface area contributed by atoms with Gasteiger partial charge >= 0.3 is 0 Å². The second-order valence-corrected chi connectivity index (χ2v) is 8.42. The Bertz CT molecular complexity index is 874. The SMILES string of the molecule is Cc1ccc(C(=O)NNC(=S)NC(=O)c2ccc(C(C)(C)C)cc2)cc1Br. The Morgan fingerprint density at radius 2 is 1.52 bits per heavy atom. The number of amides is 2. The summed E-state index contributed by atoms with van der Waals surface area (Å²) in [5.74, 6) is -0.706. The molecule has 2 aromatic rings. The highest BCUT2D eigenvalue weighted by Gasteiger charge is 2.15. The van der Waals surface area contributed by atoms with Crippen molar-refractivity contribution in [3.63, 3.8) is 0 Å². The van der Waals surface area contributed by atoms with Crippen LogP contribution in [-0.4, -0.2) is 16.9 Å². The number of carbonyl (C=O) groups excluding carboxylic acids is 2. The first-order chi connectivity index (χ1) is 12.6. The quantitative estimate of drug-likeness (QED) is 0.480. The lowest BCUT2D eigenvalue weighted by atomic mass is 9.87. The van der Waals surface area contributed by atoms with Crippen LogP contribution < -0.4 is 16.2 Å². The van der Waals surface area contributed by atoms with Gasteiger partial charge in [0, 0.05) is 15.6 Å². The Hall–Kier alpha value is -2.25. The molecule has 0 fully saturated rings. The Labute approximate surface area is 173 Å². The van der Waals surface area contributed by atoms with Gasteiger partial charge in [-0.15, -0.1) is 0 Å². The molecule has 0 aliphatic rings. The lowest BCUT2D eigenvalue weighted by Gasteiger charge is -2.19. The van der Waals surface area contributed by atoms with Gasteiger partial charge in [-0.2, -0.15) is 0 Å². The Morgan fingerprint density at radius 3 is 2.07 bits per heavy atom. The topological polar surface area (TPSA) is 70.2 Å². The van der Waals surface area contributed by atoms with E-state index in [0.717, 1.165) is 15.6 Å². The number of thiocarbonyl (C=S) groups is 1. The molecule has 142 valence electrons. The van der Waals surface area contributed by atoms with Crippen LogP contribution in [0.15, 0.2) is 46.9 Å². The standard InChI is InChI=1S/C20H22BrN3O2S/c1-12-5-6-14(11-16(12)21)18(26)23-24-19(27)22-17(25)13-7-9-15(10-8-13)20(2,3)4/h5-11H,1-4H3,(H,23,26)(H2,22,24,25,27). The molecule has 0 aliphatic carbocycles. The molecule has 3 N–H and O–H groups in total. The third-order valence-corrected chi connectivity index (χ3v) is 5.02. The lowest BCUT2D eigenvalue weighted by molar-refractivity contribution is 0.0934. The van der Waals surface area contributed by atoms with E-state index in [-0.39, 0.29) is 22.3 Å². The number of hydrazine groups is 1. The van der Waals surface area contributed by atoms with E-state index in [1.807, 2.05) is 25.1 Å². The predicted octanol–water partition coefficient (Wildman–Crippen LogP) is 4.00. The fraction of sp³-hybridized carbons (Fsp3) is 0.250. The van der Waals surface area contributed by atoms with E-state index >= 15 is 0 Å². The van der Waals surface area contributed by atoms with E-state index in [9.17, 15) is 9.59 Å². The molecule has 0 saturated carbocycles. The summed E-state index contributed by atoms with van der Waals surface area (Å²) in [6.07, 6.45) is 0. The first kappa shape index (κ1) is 21.1. The van der Waals surface area contributed by atoms with Crippen LogP contribution in [0, 0.1) is 6.92 Å². The molecule has 0 radical (unpaired) electrons. The zero-order chi connectivity index (χ0) is 20.2. The molecule has 2 rings (SSSR count). The van der Waals surface area contributed by atoms with Gasteiger partial charge in [-0.1, -0.05) is 54.9 Å². The van der Waals surface area contributed by atoms with E-state index in [2.05, 4.69) is 52.9 Å². The van der Waals surface area contributed by atoms with Gasteiger partial charge in [0.2, 0.25) is 0 Å². The third kappa shape index (κ3) is 5.87. The summed E-state index contributed by atoms with van der Waals surface area (Å²) >= 11 is 8.45. The van der Waals surface area contributed by atoms with E-state index in [4.69, 9.17) is 12.2 Å². The van der Waals surface area contributed by atoms with Crippen molar-refractivity contribution in [2.45, 2.75) is 33.1 Å². The molecule has 0 heterocycles. The van der Waals surface area contributed by atoms with Crippen LogP contribution in [0.1, 0.15) is 52.6 Å². The van der Waals surface area contributed by atoms with Crippen molar-refractivity contribution in [2.75, 3.05) is 0 Å². The maximum absolute atomic E-state index is 12.3. The molecule has 0 unspecified atom stereocenters. The summed E-state index contributed by atoms with van der Waals surface area (Å²) in [5.41, 5.74) is 8.13. The number of hydrogen-bond donors (Lipinski definition) is 3. The van der Waals surface area contributed by atoms with Crippen LogP contribution in [0.5, 0.6) is 0 Å². The largest absolute Gasteiger partial charge is 0.298 e. The Balaban J connectivity index is 1.90. The van der Waals surface area contributed by atoms with Crippen molar-refractivity contribution in [1.29, 1.82) is 0 Å². The van der Waals surface area contributed by atoms with Gasteiger partial charge in [-0.3, -0.25) is 25.8 Å². The van der Waals surface area contributed by atoms with Gasteiger partial charge in [0.15, 0.2) is 5.11 Å². The fourth-order valence-electron chi connectivity index (χ4n) is 2.25. The molecule has 27 heavy (non-hydrogen) atoms. The number of nitrogens with one attached hydrogen (secondary N) is 3. The van der Waals surface area contributed by atoms with Crippen molar-refractivity contribution >= 4 is 45.1 Å². The van der Waals surface area contributed by atoms with Gasteiger partial charge in [0.25, 0.3) is 11.8 Å². The zero-order valence-electron chi connectivity index (χ0n) is 15.6. The molecule has 0 spiro atoms. The molecule has 0 atom stereocenters. The van der Waals surface area contributed by atoms with Crippen LogP contribution in [0.2, 0.25) is 0 Å². The zero-order valence-corrected chi connectivity index (χ0v) is 18.0. The molecular formula is C20H22BrN3O2S. The number of hydrogen-bond acceptors (Lipinski definition) is 3. The summed E-state index contributed by atoms with van der Waals surface area (Å²) in [6.45, 7) is 8.26. The second kappa shape index (κ2) is 8.63. The average Bonchev–Trinajstić information content (AvgIpc) is 2.61. The van der Waals surface area contributed by atoms with Crippen LogP contribution in [-0.2, 0) is 5.41 Å². The Morgan fingerprint density at radius 1 is 0.926 bits per heavy atom. The van der Waals surface area contributed by atoms with Crippen molar-refractivity contribution in [3.05, 3.63) is 69.2 Å². The van der Waals surface area contributed by atoms with Gasteiger partial charge in [-0.25, -0.2) is 0 Å². The Kier molecular flexibility index (Phi) is 6.73. The highest BCUT2D eigenvalue weighted by molar-refractivity contribution is 9.10. The second-order valence-electron chi connectivity index (χ2n) is 7.15. The molecule has 0 aromatic heterocycles. The highest BCUT2D eigenvalue weighted by atomic mass is 79.9. The van der Waals surface area contributed by atoms with Crippen molar-refractivity contribution in [3.8, 4) is 0 Å². The number of carbonyl (C=O) groups is 2. The first-order valence-electron chi connectivity index (χ1n) is 8.36. The summed E-state index contributed by atoms with van der Waals surface area (Å²) in [6, 6.07) is 12.6.